The molecule has 2 heterocycles. The van der Waals surface area contributed by atoms with Crippen molar-refractivity contribution in [1.82, 2.24) is 19.5 Å². The molecule has 5 rings (SSSR count). The molecule has 9 heteroatoms. The van der Waals surface area contributed by atoms with E-state index in [9.17, 15) is 8.42 Å². The summed E-state index contributed by atoms with van der Waals surface area (Å²) in [7, 11) is -3.67. The number of anilines is 2. The number of benzene rings is 2. The summed E-state index contributed by atoms with van der Waals surface area (Å²) in [6.07, 6.45) is 8.16. The fraction of sp³-hybridized carbons (Fsp3) is 0.174. The third kappa shape index (κ3) is 5.19. The van der Waals surface area contributed by atoms with E-state index in [1.54, 1.807) is 6.33 Å². The fourth-order valence-corrected chi connectivity index (χ4v) is 3.66. The Hall–Kier alpha value is -3.56. The van der Waals surface area contributed by atoms with Gasteiger partial charge in [0, 0.05) is 28.7 Å². The van der Waals surface area contributed by atoms with Crippen molar-refractivity contribution in [3.05, 3.63) is 84.2 Å². The van der Waals surface area contributed by atoms with Gasteiger partial charge in [0.05, 0.1) is 24.0 Å². The molecule has 0 unspecified atom stereocenters. The van der Waals surface area contributed by atoms with Gasteiger partial charge in [-0.05, 0) is 43.5 Å². The number of nitrogens with one attached hydrogen (secondary N) is 1. The van der Waals surface area contributed by atoms with Gasteiger partial charge in [0.15, 0.2) is 0 Å². The SMILES string of the molecule is CS(=O)(=O)O.Cc1cn(-c2cccc(Nc3ncnc4c3CCc3ccccc3-4)c2)cn1. The van der Waals surface area contributed by atoms with E-state index in [0.717, 1.165) is 41.4 Å². The van der Waals surface area contributed by atoms with Crippen LogP contribution in [0.5, 0.6) is 0 Å². The highest BCUT2D eigenvalue weighted by atomic mass is 32.2. The van der Waals surface area contributed by atoms with Gasteiger partial charge >= 0.3 is 0 Å². The first kappa shape index (κ1) is 21.7. The van der Waals surface area contributed by atoms with Gasteiger partial charge in [-0.3, -0.25) is 4.55 Å². The lowest BCUT2D eigenvalue weighted by molar-refractivity contribution is 0.490. The number of imidazole rings is 1. The summed E-state index contributed by atoms with van der Waals surface area (Å²) in [5.41, 5.74) is 7.85. The number of rotatable bonds is 3. The minimum atomic E-state index is -3.67. The zero-order chi connectivity index (χ0) is 22.7. The van der Waals surface area contributed by atoms with Gasteiger partial charge in [-0.25, -0.2) is 15.0 Å². The quantitative estimate of drug-likeness (QED) is 0.455. The van der Waals surface area contributed by atoms with E-state index < -0.39 is 10.1 Å². The largest absolute Gasteiger partial charge is 0.340 e. The van der Waals surface area contributed by atoms with Crippen LogP contribution >= 0.6 is 0 Å². The molecule has 32 heavy (non-hydrogen) atoms. The predicted molar refractivity (Wildman–Crippen MR) is 124 cm³/mol. The third-order valence-electron chi connectivity index (χ3n) is 4.98. The van der Waals surface area contributed by atoms with Crippen LogP contribution in [0.15, 0.2) is 67.4 Å². The lowest BCUT2D eigenvalue weighted by Crippen LogP contribution is -2.10. The first-order valence-corrected chi connectivity index (χ1v) is 11.9. The van der Waals surface area contributed by atoms with Crippen LogP contribution in [0.2, 0.25) is 0 Å². The molecule has 1 aliphatic carbocycles. The van der Waals surface area contributed by atoms with E-state index in [4.69, 9.17) is 4.55 Å². The second-order valence-electron chi connectivity index (χ2n) is 7.54. The monoisotopic (exact) mass is 449 g/mol. The highest BCUT2D eigenvalue weighted by Gasteiger charge is 2.20. The maximum absolute atomic E-state index is 9.19. The van der Waals surface area contributed by atoms with Gasteiger partial charge < -0.3 is 9.88 Å². The molecular formula is C23H23N5O3S. The summed E-state index contributed by atoms with van der Waals surface area (Å²) in [6, 6.07) is 16.8. The van der Waals surface area contributed by atoms with Gasteiger partial charge in [0.2, 0.25) is 0 Å². The lowest BCUT2D eigenvalue weighted by Gasteiger charge is -2.21. The number of nitrogens with zero attached hydrogens (tertiary/aromatic N) is 4. The minimum absolute atomic E-state index is 0.715. The number of aryl methyl sites for hydroxylation is 2. The van der Waals surface area contributed by atoms with Crippen molar-refractivity contribution >= 4 is 21.6 Å². The molecule has 0 atom stereocenters. The molecule has 0 spiro atoms. The lowest BCUT2D eigenvalue weighted by atomic mass is 9.89. The molecule has 0 fully saturated rings. The maximum atomic E-state index is 9.19. The van der Waals surface area contributed by atoms with E-state index in [-0.39, 0.29) is 0 Å². The van der Waals surface area contributed by atoms with Gasteiger partial charge in [-0.15, -0.1) is 0 Å². The van der Waals surface area contributed by atoms with E-state index in [1.807, 2.05) is 30.1 Å². The van der Waals surface area contributed by atoms with Crippen LogP contribution < -0.4 is 5.32 Å². The summed E-state index contributed by atoms with van der Waals surface area (Å²) in [5.74, 6) is 0.883. The van der Waals surface area contributed by atoms with Crippen molar-refractivity contribution in [3.63, 3.8) is 0 Å². The Morgan fingerprint density at radius 3 is 2.56 bits per heavy atom. The first-order chi connectivity index (χ1) is 15.3. The van der Waals surface area contributed by atoms with Crippen LogP contribution in [-0.2, 0) is 23.0 Å². The minimum Gasteiger partial charge on any atom is -0.340 e. The Kier molecular flexibility index (Phi) is 6.02. The Morgan fingerprint density at radius 1 is 1.03 bits per heavy atom. The van der Waals surface area contributed by atoms with Crippen molar-refractivity contribution in [1.29, 1.82) is 0 Å². The molecule has 1 aliphatic rings. The number of hydrogen-bond donors (Lipinski definition) is 2. The second kappa shape index (κ2) is 8.89. The predicted octanol–water partition coefficient (Wildman–Crippen LogP) is 3.98. The third-order valence-corrected chi connectivity index (χ3v) is 4.98. The Labute approximate surface area is 186 Å². The molecule has 0 bridgehead atoms. The Morgan fingerprint density at radius 2 is 1.81 bits per heavy atom. The molecule has 0 amide bonds. The average Bonchev–Trinajstić information content (AvgIpc) is 3.19. The molecule has 0 saturated heterocycles. The highest BCUT2D eigenvalue weighted by molar-refractivity contribution is 7.85. The van der Waals surface area contributed by atoms with Crippen LogP contribution in [0.3, 0.4) is 0 Å². The molecule has 164 valence electrons. The summed E-state index contributed by atoms with van der Waals surface area (Å²) in [5, 5.41) is 3.49. The standard InChI is InChI=1S/C22H19N5.CH4O3S/c1-15-12-27(14-25-15)18-7-4-6-17(11-18)26-22-20-10-9-16-5-2-3-8-19(16)21(20)23-13-24-22;1-5(2,3)4/h2-8,11-14H,9-10H2,1H3,(H,23,24,26);1H3,(H,2,3,4). The molecule has 0 aliphatic heterocycles. The molecule has 2 aromatic carbocycles. The van der Waals surface area contributed by atoms with Crippen molar-refractivity contribution in [3.8, 4) is 16.9 Å². The van der Waals surface area contributed by atoms with Crippen molar-refractivity contribution in [2.24, 2.45) is 0 Å². The summed E-state index contributed by atoms with van der Waals surface area (Å²) in [6.45, 7) is 1.99. The molecular weight excluding hydrogens is 426 g/mol. The van der Waals surface area contributed by atoms with E-state index >= 15 is 0 Å². The summed E-state index contributed by atoms with van der Waals surface area (Å²) in [4.78, 5) is 13.4. The number of fused-ring (bicyclic) bond motifs is 3. The molecule has 2 aromatic heterocycles. The fourth-order valence-electron chi connectivity index (χ4n) is 3.66. The van der Waals surface area contributed by atoms with Crippen LogP contribution in [0.4, 0.5) is 11.5 Å². The maximum Gasteiger partial charge on any atom is 0.261 e. The number of aromatic nitrogens is 4. The van der Waals surface area contributed by atoms with Crippen LogP contribution in [-0.4, -0.2) is 38.7 Å². The molecule has 8 nitrogen and oxygen atoms in total. The molecule has 4 aromatic rings. The van der Waals surface area contributed by atoms with Gasteiger partial charge in [0.25, 0.3) is 10.1 Å². The van der Waals surface area contributed by atoms with Crippen molar-refractivity contribution < 1.29 is 13.0 Å². The zero-order valence-corrected chi connectivity index (χ0v) is 18.5. The normalized spacial score (nSPS) is 12.2. The highest BCUT2D eigenvalue weighted by Crippen LogP contribution is 2.35. The van der Waals surface area contributed by atoms with Gasteiger partial charge in [0.1, 0.15) is 12.1 Å². The van der Waals surface area contributed by atoms with Crippen molar-refractivity contribution in [2.75, 3.05) is 11.6 Å². The van der Waals surface area contributed by atoms with E-state index in [1.165, 1.54) is 16.7 Å². The summed E-state index contributed by atoms with van der Waals surface area (Å²) < 4.78 is 27.9. The second-order valence-corrected chi connectivity index (χ2v) is 9.00. The van der Waals surface area contributed by atoms with Crippen LogP contribution in [0.1, 0.15) is 16.8 Å². The van der Waals surface area contributed by atoms with Gasteiger partial charge in [-0.2, -0.15) is 8.42 Å². The summed E-state index contributed by atoms with van der Waals surface area (Å²) >= 11 is 0. The Bertz CT molecular complexity index is 1360. The van der Waals surface area contributed by atoms with Crippen molar-refractivity contribution in [2.45, 2.75) is 19.8 Å². The van der Waals surface area contributed by atoms with Crippen LogP contribution in [0, 0.1) is 6.92 Å². The molecule has 0 radical (unpaired) electrons. The molecule has 0 saturated carbocycles. The first-order valence-electron chi connectivity index (χ1n) is 10.0. The van der Waals surface area contributed by atoms with Crippen LogP contribution in [0.25, 0.3) is 16.9 Å². The van der Waals surface area contributed by atoms with E-state index in [0.29, 0.717) is 6.26 Å². The molecule has 2 N–H and O–H groups in total. The average molecular weight is 450 g/mol. The topological polar surface area (TPSA) is 110 Å². The zero-order valence-electron chi connectivity index (χ0n) is 17.7. The van der Waals surface area contributed by atoms with E-state index in [2.05, 4.69) is 62.7 Å². The number of hydrogen-bond acceptors (Lipinski definition) is 6. The smallest absolute Gasteiger partial charge is 0.261 e. The van der Waals surface area contributed by atoms with Gasteiger partial charge in [-0.1, -0.05) is 30.3 Å². The Balaban J connectivity index is 0.000000444.